The number of aryl methyl sites for hydroxylation is 2. The van der Waals surface area contributed by atoms with Gasteiger partial charge in [0.2, 0.25) is 0 Å². The quantitative estimate of drug-likeness (QED) is 0.944. The van der Waals surface area contributed by atoms with E-state index in [1.54, 1.807) is 7.11 Å². The first-order chi connectivity index (χ1) is 9.06. The Morgan fingerprint density at radius 1 is 1.42 bits per heavy atom. The van der Waals surface area contributed by atoms with Crippen molar-refractivity contribution in [1.82, 2.24) is 9.97 Å². The minimum atomic E-state index is -0.176. The smallest absolute Gasteiger partial charge is 0.265 e. The zero-order valence-electron chi connectivity index (χ0n) is 11.1. The van der Waals surface area contributed by atoms with Gasteiger partial charge in [-0.3, -0.25) is 4.79 Å². The van der Waals surface area contributed by atoms with Crippen LogP contribution in [0.1, 0.15) is 18.2 Å². The molecule has 2 aromatic rings. The molecule has 1 heterocycles. The Kier molecular flexibility index (Phi) is 4.04. The fourth-order valence-electron chi connectivity index (χ4n) is 1.86. The number of hydrogen-bond donors (Lipinski definition) is 1. The van der Waals surface area contributed by atoms with Crippen molar-refractivity contribution < 1.29 is 4.74 Å². The number of benzene rings is 1. The van der Waals surface area contributed by atoms with E-state index < -0.39 is 0 Å². The SMILES string of the molecule is CCc1nc(-c2ccc(C)cc2OC)[nH]c(=O)c1Br. The van der Waals surface area contributed by atoms with E-state index in [2.05, 4.69) is 25.9 Å². The van der Waals surface area contributed by atoms with E-state index in [1.807, 2.05) is 32.0 Å². The van der Waals surface area contributed by atoms with Gasteiger partial charge >= 0.3 is 0 Å². The molecule has 1 aromatic carbocycles. The Morgan fingerprint density at radius 2 is 2.16 bits per heavy atom. The van der Waals surface area contributed by atoms with Gasteiger partial charge in [0.05, 0.1) is 18.4 Å². The summed E-state index contributed by atoms with van der Waals surface area (Å²) in [6.07, 6.45) is 0.686. The first kappa shape index (κ1) is 13.8. The summed E-state index contributed by atoms with van der Waals surface area (Å²) in [7, 11) is 1.61. The molecule has 0 unspecified atom stereocenters. The van der Waals surface area contributed by atoms with Gasteiger partial charge in [0.25, 0.3) is 5.56 Å². The van der Waals surface area contributed by atoms with Crippen LogP contribution in [0.4, 0.5) is 0 Å². The number of aromatic nitrogens is 2. The summed E-state index contributed by atoms with van der Waals surface area (Å²) in [6.45, 7) is 3.95. The van der Waals surface area contributed by atoms with Crippen LogP contribution in [0.25, 0.3) is 11.4 Å². The third-order valence-electron chi connectivity index (χ3n) is 2.88. The second kappa shape index (κ2) is 5.57. The topological polar surface area (TPSA) is 55.0 Å². The highest BCUT2D eigenvalue weighted by Crippen LogP contribution is 2.28. The molecule has 0 radical (unpaired) electrons. The summed E-state index contributed by atoms with van der Waals surface area (Å²) >= 11 is 3.26. The van der Waals surface area contributed by atoms with E-state index in [0.717, 1.165) is 16.8 Å². The number of hydrogen-bond acceptors (Lipinski definition) is 3. The largest absolute Gasteiger partial charge is 0.496 e. The Bertz CT molecular complexity index is 665. The molecule has 0 amide bonds. The molecule has 0 fully saturated rings. The molecule has 0 aliphatic rings. The Balaban J connectivity index is 2.65. The number of ether oxygens (including phenoxy) is 1. The van der Waals surface area contributed by atoms with E-state index >= 15 is 0 Å². The van der Waals surface area contributed by atoms with Crippen molar-refractivity contribution in [3.63, 3.8) is 0 Å². The molecule has 4 nitrogen and oxygen atoms in total. The molecule has 0 atom stereocenters. The van der Waals surface area contributed by atoms with Crippen LogP contribution in [0.15, 0.2) is 27.5 Å². The van der Waals surface area contributed by atoms with Gasteiger partial charge in [-0.2, -0.15) is 0 Å². The standard InChI is InChI=1S/C14H15BrN2O2/c1-4-10-12(15)14(18)17-13(16-10)9-6-5-8(2)7-11(9)19-3/h5-7H,4H2,1-3H3,(H,16,17,18). The second-order valence-electron chi connectivity index (χ2n) is 4.23. The van der Waals surface area contributed by atoms with Gasteiger partial charge in [-0.05, 0) is 47.0 Å². The Hall–Kier alpha value is -1.62. The molecular formula is C14H15BrN2O2. The van der Waals surface area contributed by atoms with Gasteiger partial charge in [0, 0.05) is 0 Å². The highest BCUT2D eigenvalue weighted by molar-refractivity contribution is 9.10. The second-order valence-corrected chi connectivity index (χ2v) is 5.03. The van der Waals surface area contributed by atoms with Crippen molar-refractivity contribution in [2.24, 2.45) is 0 Å². The molecule has 0 saturated carbocycles. The van der Waals surface area contributed by atoms with Crippen LogP contribution in [0, 0.1) is 6.92 Å². The minimum absolute atomic E-state index is 0.176. The number of nitrogens with zero attached hydrogens (tertiary/aromatic N) is 1. The fraction of sp³-hybridized carbons (Fsp3) is 0.286. The van der Waals surface area contributed by atoms with Crippen LogP contribution in [-0.4, -0.2) is 17.1 Å². The first-order valence-corrected chi connectivity index (χ1v) is 6.79. The predicted molar refractivity (Wildman–Crippen MR) is 78.7 cm³/mol. The zero-order valence-corrected chi connectivity index (χ0v) is 12.7. The van der Waals surface area contributed by atoms with Gasteiger partial charge in [-0.15, -0.1) is 0 Å². The van der Waals surface area contributed by atoms with Gasteiger partial charge in [-0.1, -0.05) is 13.0 Å². The molecule has 0 aliphatic heterocycles. The van der Waals surface area contributed by atoms with Crippen LogP contribution in [0.2, 0.25) is 0 Å². The lowest BCUT2D eigenvalue weighted by molar-refractivity contribution is 0.416. The molecule has 0 spiro atoms. The molecule has 0 saturated heterocycles. The third kappa shape index (κ3) is 2.71. The maximum atomic E-state index is 11.9. The number of nitrogens with one attached hydrogen (secondary N) is 1. The number of methoxy groups -OCH3 is 1. The van der Waals surface area contributed by atoms with Crippen LogP contribution in [0.5, 0.6) is 5.75 Å². The van der Waals surface area contributed by atoms with Gasteiger partial charge in [0.15, 0.2) is 0 Å². The van der Waals surface area contributed by atoms with Crippen molar-refractivity contribution in [3.8, 4) is 17.1 Å². The molecule has 19 heavy (non-hydrogen) atoms. The summed E-state index contributed by atoms with van der Waals surface area (Å²) in [6, 6.07) is 5.79. The Labute approximate surface area is 120 Å². The van der Waals surface area contributed by atoms with Crippen LogP contribution < -0.4 is 10.3 Å². The summed E-state index contributed by atoms with van der Waals surface area (Å²) in [5, 5.41) is 0. The lowest BCUT2D eigenvalue weighted by atomic mass is 10.1. The average molecular weight is 323 g/mol. The number of rotatable bonds is 3. The Morgan fingerprint density at radius 3 is 2.79 bits per heavy atom. The van der Waals surface area contributed by atoms with Gasteiger partial charge in [-0.25, -0.2) is 4.98 Å². The average Bonchev–Trinajstić information content (AvgIpc) is 2.41. The van der Waals surface area contributed by atoms with Crippen LogP contribution in [0.3, 0.4) is 0 Å². The molecular weight excluding hydrogens is 308 g/mol. The number of H-pyrrole nitrogens is 1. The zero-order chi connectivity index (χ0) is 14.0. The summed E-state index contributed by atoms with van der Waals surface area (Å²) in [5.74, 6) is 1.23. The van der Waals surface area contributed by atoms with Crippen molar-refractivity contribution in [2.45, 2.75) is 20.3 Å². The lowest BCUT2D eigenvalue weighted by Gasteiger charge is -2.10. The van der Waals surface area contributed by atoms with Crippen molar-refractivity contribution in [3.05, 3.63) is 44.3 Å². The van der Waals surface area contributed by atoms with E-state index in [1.165, 1.54) is 0 Å². The third-order valence-corrected chi connectivity index (χ3v) is 3.70. The summed E-state index contributed by atoms with van der Waals surface area (Å²) < 4.78 is 5.84. The van der Waals surface area contributed by atoms with Crippen molar-refractivity contribution in [2.75, 3.05) is 7.11 Å². The van der Waals surface area contributed by atoms with E-state index in [-0.39, 0.29) is 5.56 Å². The maximum absolute atomic E-state index is 11.9. The minimum Gasteiger partial charge on any atom is -0.496 e. The fourth-order valence-corrected chi connectivity index (χ4v) is 2.33. The van der Waals surface area contributed by atoms with E-state index in [4.69, 9.17) is 4.74 Å². The van der Waals surface area contributed by atoms with Gasteiger partial charge in [0.1, 0.15) is 16.0 Å². The maximum Gasteiger partial charge on any atom is 0.265 e. The molecule has 0 bridgehead atoms. The number of halogens is 1. The summed E-state index contributed by atoms with van der Waals surface area (Å²) in [4.78, 5) is 19.1. The first-order valence-electron chi connectivity index (χ1n) is 6.00. The molecule has 100 valence electrons. The van der Waals surface area contributed by atoms with E-state index in [0.29, 0.717) is 22.5 Å². The molecule has 1 N–H and O–H groups in total. The summed E-state index contributed by atoms with van der Waals surface area (Å²) in [5.41, 5.74) is 2.44. The number of aromatic amines is 1. The molecule has 2 rings (SSSR count). The van der Waals surface area contributed by atoms with E-state index in [9.17, 15) is 4.79 Å². The van der Waals surface area contributed by atoms with Crippen LogP contribution in [-0.2, 0) is 6.42 Å². The predicted octanol–water partition coefficient (Wildman–Crippen LogP) is 3.08. The highest BCUT2D eigenvalue weighted by Gasteiger charge is 2.12. The normalized spacial score (nSPS) is 10.5. The van der Waals surface area contributed by atoms with Crippen LogP contribution >= 0.6 is 15.9 Å². The van der Waals surface area contributed by atoms with Gasteiger partial charge < -0.3 is 9.72 Å². The van der Waals surface area contributed by atoms with Crippen molar-refractivity contribution in [1.29, 1.82) is 0 Å². The molecule has 5 heteroatoms. The highest BCUT2D eigenvalue weighted by atomic mass is 79.9. The molecule has 0 aliphatic carbocycles. The lowest BCUT2D eigenvalue weighted by Crippen LogP contribution is -2.13. The monoisotopic (exact) mass is 322 g/mol. The molecule has 1 aromatic heterocycles. The van der Waals surface area contributed by atoms with Crippen molar-refractivity contribution >= 4 is 15.9 Å².